The van der Waals surface area contributed by atoms with E-state index < -0.39 is 17.4 Å². The molecule has 1 saturated heterocycles. The Balaban J connectivity index is 1.73. The van der Waals surface area contributed by atoms with Crippen molar-refractivity contribution in [1.29, 1.82) is 0 Å². The Labute approximate surface area is 116 Å². The fourth-order valence-electron chi connectivity index (χ4n) is 2.87. The van der Waals surface area contributed by atoms with Gasteiger partial charge in [0, 0.05) is 12.8 Å². The molecule has 6 heteroatoms. The molecule has 1 aliphatic heterocycles. The molecule has 0 amide bonds. The van der Waals surface area contributed by atoms with Crippen molar-refractivity contribution in [2.24, 2.45) is 0 Å². The molecule has 2 fully saturated rings. The van der Waals surface area contributed by atoms with Crippen molar-refractivity contribution in [2.75, 3.05) is 20.3 Å². The Morgan fingerprint density at radius 2 is 1.85 bits per heavy atom. The van der Waals surface area contributed by atoms with Gasteiger partial charge >= 0.3 is 5.97 Å². The summed E-state index contributed by atoms with van der Waals surface area (Å²) in [6.07, 6.45) is 2.16. The van der Waals surface area contributed by atoms with Crippen molar-refractivity contribution in [3.63, 3.8) is 0 Å². The molecule has 6 nitrogen and oxygen atoms in total. The molecular formula is C14H18O6. The number of furan rings is 1. The minimum Gasteiger partial charge on any atom is -0.463 e. The van der Waals surface area contributed by atoms with Gasteiger partial charge in [0.25, 0.3) is 0 Å². The first-order valence-corrected chi connectivity index (χ1v) is 6.76. The van der Waals surface area contributed by atoms with Crippen LogP contribution in [0.1, 0.15) is 42.0 Å². The summed E-state index contributed by atoms with van der Waals surface area (Å²) in [7, 11) is 1.29. The molecule has 110 valence electrons. The van der Waals surface area contributed by atoms with E-state index in [1.165, 1.54) is 13.2 Å². The van der Waals surface area contributed by atoms with Crippen LogP contribution in [-0.2, 0) is 19.8 Å². The van der Waals surface area contributed by atoms with Gasteiger partial charge in [-0.25, -0.2) is 4.79 Å². The third-order valence-corrected chi connectivity index (χ3v) is 4.10. The highest BCUT2D eigenvalue weighted by atomic mass is 16.7. The van der Waals surface area contributed by atoms with Gasteiger partial charge in [-0.1, -0.05) is 0 Å². The number of aliphatic hydroxyl groups is 1. The van der Waals surface area contributed by atoms with Crippen molar-refractivity contribution in [3.05, 3.63) is 23.7 Å². The van der Waals surface area contributed by atoms with Gasteiger partial charge in [0.1, 0.15) is 11.4 Å². The van der Waals surface area contributed by atoms with Gasteiger partial charge in [-0.05, 0) is 25.0 Å². The van der Waals surface area contributed by atoms with Crippen LogP contribution in [0.3, 0.4) is 0 Å². The largest absolute Gasteiger partial charge is 0.463 e. The maximum atomic E-state index is 11.4. The predicted octanol–water partition coefficient (Wildman–Crippen LogP) is 1.57. The van der Waals surface area contributed by atoms with Gasteiger partial charge in [0.15, 0.2) is 5.79 Å². The lowest BCUT2D eigenvalue weighted by atomic mass is 9.80. The molecule has 2 aliphatic rings. The van der Waals surface area contributed by atoms with Crippen LogP contribution in [0.5, 0.6) is 0 Å². The average molecular weight is 282 g/mol. The van der Waals surface area contributed by atoms with E-state index in [2.05, 4.69) is 4.74 Å². The normalized spacial score (nSPS) is 23.9. The lowest BCUT2D eigenvalue weighted by molar-refractivity contribution is -0.206. The summed E-state index contributed by atoms with van der Waals surface area (Å²) in [5.41, 5.74) is -1.08. The molecule has 1 N–H and O–H groups in total. The Morgan fingerprint density at radius 3 is 2.45 bits per heavy atom. The fraction of sp³-hybridized carbons (Fsp3) is 0.643. The topological polar surface area (TPSA) is 78.1 Å². The number of carbonyl (C=O) groups is 1. The summed E-state index contributed by atoms with van der Waals surface area (Å²) in [5, 5.41) is 10.7. The maximum Gasteiger partial charge on any atom is 0.373 e. The monoisotopic (exact) mass is 282 g/mol. The number of methoxy groups -OCH3 is 1. The van der Waals surface area contributed by atoms with Crippen LogP contribution in [-0.4, -0.2) is 37.2 Å². The second kappa shape index (κ2) is 4.87. The number of hydrogen-bond acceptors (Lipinski definition) is 6. The van der Waals surface area contributed by atoms with Crippen LogP contribution < -0.4 is 0 Å². The molecule has 20 heavy (non-hydrogen) atoms. The third kappa shape index (κ3) is 2.24. The molecule has 1 aliphatic carbocycles. The van der Waals surface area contributed by atoms with Crippen molar-refractivity contribution >= 4 is 5.97 Å². The SMILES string of the molecule is COC(=O)c1ccc(C2(O)CCC3(CC2)OCCO3)o1. The van der Waals surface area contributed by atoms with Crippen LogP contribution in [0.15, 0.2) is 16.5 Å². The molecule has 0 atom stereocenters. The molecule has 1 spiro atoms. The van der Waals surface area contributed by atoms with Crippen molar-refractivity contribution in [2.45, 2.75) is 37.1 Å². The van der Waals surface area contributed by atoms with Crippen LogP contribution >= 0.6 is 0 Å². The second-order valence-corrected chi connectivity index (χ2v) is 5.29. The fourth-order valence-corrected chi connectivity index (χ4v) is 2.87. The molecule has 0 aromatic carbocycles. The number of ether oxygens (including phenoxy) is 3. The van der Waals surface area contributed by atoms with Crippen LogP contribution in [0, 0.1) is 0 Å². The molecule has 1 aromatic rings. The summed E-state index contributed by atoms with van der Waals surface area (Å²) in [6.45, 7) is 1.21. The zero-order chi connectivity index (χ0) is 14.2. The lowest BCUT2D eigenvalue weighted by Gasteiger charge is -2.39. The van der Waals surface area contributed by atoms with E-state index in [0.717, 1.165) is 0 Å². The average Bonchev–Trinajstić information content (AvgIpc) is 3.12. The summed E-state index contributed by atoms with van der Waals surface area (Å²) in [4.78, 5) is 11.4. The van der Waals surface area contributed by atoms with E-state index >= 15 is 0 Å². The molecule has 0 radical (unpaired) electrons. The molecule has 3 rings (SSSR count). The van der Waals surface area contributed by atoms with E-state index in [0.29, 0.717) is 44.7 Å². The highest BCUT2D eigenvalue weighted by molar-refractivity contribution is 5.86. The van der Waals surface area contributed by atoms with E-state index in [1.807, 2.05) is 0 Å². The van der Waals surface area contributed by atoms with Gasteiger partial charge in [0.05, 0.1) is 20.3 Å². The first kappa shape index (κ1) is 13.6. The lowest BCUT2D eigenvalue weighted by Crippen LogP contribution is -2.41. The summed E-state index contributed by atoms with van der Waals surface area (Å²) in [5.74, 6) is -0.589. The van der Waals surface area contributed by atoms with E-state index in [9.17, 15) is 9.90 Å². The second-order valence-electron chi connectivity index (χ2n) is 5.29. The molecule has 0 bridgehead atoms. The van der Waals surface area contributed by atoms with Crippen molar-refractivity contribution < 1.29 is 28.5 Å². The predicted molar refractivity (Wildman–Crippen MR) is 67.0 cm³/mol. The maximum absolute atomic E-state index is 11.4. The van der Waals surface area contributed by atoms with Crippen LogP contribution in [0.4, 0.5) is 0 Å². The van der Waals surface area contributed by atoms with Crippen molar-refractivity contribution in [1.82, 2.24) is 0 Å². The Bertz CT molecular complexity index is 490. The summed E-state index contributed by atoms with van der Waals surface area (Å²) in [6, 6.07) is 3.15. The molecule has 1 aromatic heterocycles. The quantitative estimate of drug-likeness (QED) is 0.830. The smallest absolute Gasteiger partial charge is 0.373 e. The highest BCUT2D eigenvalue weighted by Gasteiger charge is 2.47. The highest BCUT2D eigenvalue weighted by Crippen LogP contribution is 2.45. The number of hydrogen-bond donors (Lipinski definition) is 1. The van der Waals surface area contributed by atoms with Crippen LogP contribution in [0.25, 0.3) is 0 Å². The van der Waals surface area contributed by atoms with E-state index in [1.54, 1.807) is 6.07 Å². The third-order valence-electron chi connectivity index (χ3n) is 4.10. The first-order chi connectivity index (χ1) is 9.57. The van der Waals surface area contributed by atoms with Crippen LogP contribution in [0.2, 0.25) is 0 Å². The zero-order valence-corrected chi connectivity index (χ0v) is 11.4. The van der Waals surface area contributed by atoms with Gasteiger partial charge in [0.2, 0.25) is 5.76 Å². The van der Waals surface area contributed by atoms with Gasteiger partial charge in [-0.3, -0.25) is 0 Å². The molecule has 2 heterocycles. The number of esters is 1. The molecule has 1 saturated carbocycles. The van der Waals surface area contributed by atoms with E-state index in [4.69, 9.17) is 13.9 Å². The van der Waals surface area contributed by atoms with Gasteiger partial charge in [-0.15, -0.1) is 0 Å². The van der Waals surface area contributed by atoms with Crippen molar-refractivity contribution in [3.8, 4) is 0 Å². The first-order valence-electron chi connectivity index (χ1n) is 6.76. The minimum atomic E-state index is -1.08. The summed E-state index contributed by atoms with van der Waals surface area (Å²) < 4.78 is 21.3. The Morgan fingerprint density at radius 1 is 1.20 bits per heavy atom. The number of rotatable bonds is 2. The molecule has 0 unspecified atom stereocenters. The van der Waals surface area contributed by atoms with E-state index in [-0.39, 0.29) is 5.76 Å². The Hall–Kier alpha value is -1.37. The summed E-state index contributed by atoms with van der Waals surface area (Å²) >= 11 is 0. The Kier molecular flexibility index (Phi) is 3.32. The molecular weight excluding hydrogens is 264 g/mol. The zero-order valence-electron chi connectivity index (χ0n) is 11.4. The van der Waals surface area contributed by atoms with Gasteiger partial charge < -0.3 is 23.7 Å². The minimum absolute atomic E-state index is 0.101. The standard InChI is InChI=1S/C14H18O6/c1-17-12(15)10-2-3-11(20-10)13(16)4-6-14(7-5-13)18-8-9-19-14/h2-3,16H,4-9H2,1H3. The number of carbonyl (C=O) groups excluding carboxylic acids is 1. The van der Waals surface area contributed by atoms with Gasteiger partial charge in [-0.2, -0.15) is 0 Å².